The quantitative estimate of drug-likeness (QED) is 0.0618. The fourth-order valence-corrected chi connectivity index (χ4v) is 5.78. The maximum absolute atomic E-state index is 12.7. The molecular weight excluding hydrogens is 496 g/mol. The van der Waals surface area contributed by atoms with Crippen molar-refractivity contribution >= 4 is 11.9 Å². The van der Waals surface area contributed by atoms with E-state index in [1.165, 1.54) is 116 Å². The van der Waals surface area contributed by atoms with Gasteiger partial charge in [-0.1, -0.05) is 156 Å². The van der Waals surface area contributed by atoms with Crippen molar-refractivity contribution in [2.45, 2.75) is 195 Å². The monoisotopic (exact) mass is 567 g/mol. The lowest BCUT2D eigenvalue weighted by Crippen LogP contribution is -2.25. The highest BCUT2D eigenvalue weighted by molar-refractivity contribution is 5.72. The summed E-state index contributed by atoms with van der Waals surface area (Å²) < 4.78 is 11.0. The van der Waals surface area contributed by atoms with E-state index in [0.29, 0.717) is 25.6 Å². The first-order valence-electron chi connectivity index (χ1n) is 17.9. The van der Waals surface area contributed by atoms with Crippen molar-refractivity contribution in [3.8, 4) is 0 Å². The molecular formula is C36H70O4. The molecule has 0 aliphatic heterocycles. The summed E-state index contributed by atoms with van der Waals surface area (Å²) in [5.74, 6) is 0.587. The van der Waals surface area contributed by atoms with Gasteiger partial charge in [-0.3, -0.25) is 9.59 Å². The van der Waals surface area contributed by atoms with Gasteiger partial charge in [-0.15, -0.1) is 0 Å². The van der Waals surface area contributed by atoms with Crippen molar-refractivity contribution < 1.29 is 19.1 Å². The lowest BCUT2D eigenvalue weighted by atomic mass is 9.84. The van der Waals surface area contributed by atoms with Gasteiger partial charge < -0.3 is 9.47 Å². The Hall–Kier alpha value is -1.06. The van der Waals surface area contributed by atoms with E-state index in [1.807, 2.05) is 0 Å². The van der Waals surface area contributed by atoms with Crippen LogP contribution in [0.25, 0.3) is 0 Å². The van der Waals surface area contributed by atoms with Crippen LogP contribution in [0.15, 0.2) is 0 Å². The second kappa shape index (κ2) is 30.9. The first-order chi connectivity index (χ1) is 19.6. The molecule has 40 heavy (non-hydrogen) atoms. The Balaban J connectivity index is 3.65. The molecule has 4 heteroatoms. The van der Waals surface area contributed by atoms with E-state index in [-0.39, 0.29) is 17.9 Å². The predicted octanol–water partition coefficient (Wildman–Crippen LogP) is 11.5. The minimum Gasteiger partial charge on any atom is -0.466 e. The highest BCUT2D eigenvalue weighted by Crippen LogP contribution is 2.27. The molecule has 238 valence electrons. The van der Waals surface area contributed by atoms with E-state index in [9.17, 15) is 9.59 Å². The van der Waals surface area contributed by atoms with E-state index < -0.39 is 0 Å². The molecule has 2 atom stereocenters. The zero-order valence-corrected chi connectivity index (χ0v) is 27.6. The molecule has 0 aromatic carbocycles. The zero-order valence-electron chi connectivity index (χ0n) is 27.6. The van der Waals surface area contributed by atoms with Crippen LogP contribution in [0.5, 0.6) is 0 Å². The third kappa shape index (κ3) is 24.7. The van der Waals surface area contributed by atoms with Crippen LogP contribution >= 0.6 is 0 Å². The number of ether oxygens (including phenoxy) is 2. The van der Waals surface area contributed by atoms with Crippen molar-refractivity contribution in [1.29, 1.82) is 0 Å². The van der Waals surface area contributed by atoms with Gasteiger partial charge >= 0.3 is 11.9 Å². The van der Waals surface area contributed by atoms with E-state index in [1.54, 1.807) is 0 Å². The number of esters is 2. The van der Waals surface area contributed by atoms with Gasteiger partial charge in [0.15, 0.2) is 0 Å². The second-order valence-electron chi connectivity index (χ2n) is 12.2. The SMILES string of the molecule is CCCCCCCCOC(=O)CCCCCCCCCCCCC(CC)C(CC)C(=O)OCCCCCCCC. The van der Waals surface area contributed by atoms with Crippen molar-refractivity contribution in [3.05, 3.63) is 0 Å². The molecule has 0 N–H and O–H groups in total. The van der Waals surface area contributed by atoms with E-state index in [4.69, 9.17) is 9.47 Å². The van der Waals surface area contributed by atoms with E-state index >= 15 is 0 Å². The van der Waals surface area contributed by atoms with E-state index in [2.05, 4.69) is 27.7 Å². The van der Waals surface area contributed by atoms with Crippen LogP contribution < -0.4 is 0 Å². The lowest BCUT2D eigenvalue weighted by molar-refractivity contribution is -0.151. The Morgan fingerprint density at radius 3 is 1.38 bits per heavy atom. The van der Waals surface area contributed by atoms with Gasteiger partial charge in [0.25, 0.3) is 0 Å². The molecule has 4 nitrogen and oxygen atoms in total. The Labute approximate surface area is 250 Å². The summed E-state index contributed by atoms with van der Waals surface area (Å²) in [6, 6.07) is 0. The number of hydrogen-bond donors (Lipinski definition) is 0. The molecule has 0 fully saturated rings. The molecule has 0 saturated carbocycles. The number of carbonyl (C=O) groups excluding carboxylic acids is 2. The van der Waals surface area contributed by atoms with Crippen LogP contribution in [-0.2, 0) is 19.1 Å². The highest BCUT2D eigenvalue weighted by Gasteiger charge is 2.26. The highest BCUT2D eigenvalue weighted by atomic mass is 16.5. The molecule has 0 spiro atoms. The third-order valence-electron chi connectivity index (χ3n) is 8.54. The summed E-state index contributed by atoms with van der Waals surface area (Å²) >= 11 is 0. The van der Waals surface area contributed by atoms with Crippen molar-refractivity contribution in [2.75, 3.05) is 13.2 Å². The molecule has 0 aromatic rings. The fourth-order valence-electron chi connectivity index (χ4n) is 5.78. The summed E-state index contributed by atoms with van der Waals surface area (Å²) in [7, 11) is 0. The maximum atomic E-state index is 12.7. The average Bonchev–Trinajstić information content (AvgIpc) is 2.96. The summed E-state index contributed by atoms with van der Waals surface area (Å²) in [4.78, 5) is 24.5. The molecule has 0 amide bonds. The topological polar surface area (TPSA) is 52.6 Å². The van der Waals surface area contributed by atoms with E-state index in [0.717, 1.165) is 44.9 Å². The normalized spacial score (nSPS) is 12.8. The van der Waals surface area contributed by atoms with Crippen LogP contribution in [0.1, 0.15) is 195 Å². The Bertz CT molecular complexity index is 547. The molecule has 0 aromatic heterocycles. The number of unbranched alkanes of at least 4 members (excludes halogenated alkanes) is 19. The molecule has 0 bridgehead atoms. The molecule has 0 aliphatic carbocycles. The van der Waals surface area contributed by atoms with Crippen LogP contribution in [-0.4, -0.2) is 25.2 Å². The number of rotatable bonds is 31. The second-order valence-corrected chi connectivity index (χ2v) is 12.2. The van der Waals surface area contributed by atoms with Crippen LogP contribution in [0.2, 0.25) is 0 Å². The summed E-state index contributed by atoms with van der Waals surface area (Å²) in [6.45, 7) is 10.0. The Morgan fingerprint density at radius 1 is 0.475 bits per heavy atom. The van der Waals surface area contributed by atoms with Crippen LogP contribution in [0.3, 0.4) is 0 Å². The number of carbonyl (C=O) groups is 2. The Kier molecular flexibility index (Phi) is 30.1. The third-order valence-corrected chi connectivity index (χ3v) is 8.54. The van der Waals surface area contributed by atoms with Gasteiger partial charge in [0, 0.05) is 6.42 Å². The zero-order chi connectivity index (χ0) is 29.5. The van der Waals surface area contributed by atoms with Gasteiger partial charge in [0.1, 0.15) is 0 Å². The summed E-state index contributed by atoms with van der Waals surface area (Å²) in [5, 5.41) is 0. The van der Waals surface area contributed by atoms with Crippen molar-refractivity contribution in [1.82, 2.24) is 0 Å². The molecule has 0 heterocycles. The van der Waals surface area contributed by atoms with Gasteiger partial charge in [-0.25, -0.2) is 0 Å². The fraction of sp³-hybridized carbons (Fsp3) is 0.944. The summed E-state index contributed by atoms with van der Waals surface area (Å²) in [6.07, 6.45) is 30.8. The van der Waals surface area contributed by atoms with Crippen LogP contribution in [0.4, 0.5) is 0 Å². The van der Waals surface area contributed by atoms with Crippen molar-refractivity contribution in [3.63, 3.8) is 0 Å². The van der Waals surface area contributed by atoms with Gasteiger partial charge in [0.2, 0.25) is 0 Å². The van der Waals surface area contributed by atoms with Gasteiger partial charge in [0.05, 0.1) is 19.1 Å². The van der Waals surface area contributed by atoms with Crippen molar-refractivity contribution in [2.24, 2.45) is 11.8 Å². The standard InChI is InChI=1S/C36H70O4/c1-5-9-11-13-23-27-31-39-35(37)30-26-22-20-18-16-15-17-19-21-25-29-33(7-3)34(8-4)36(38)40-32-28-24-14-12-10-6-2/h33-34H,5-32H2,1-4H3. The summed E-state index contributed by atoms with van der Waals surface area (Å²) in [5.41, 5.74) is 0. The first kappa shape index (κ1) is 38.9. The molecule has 0 radical (unpaired) electrons. The average molecular weight is 567 g/mol. The molecule has 2 unspecified atom stereocenters. The molecule has 0 aliphatic rings. The van der Waals surface area contributed by atoms with Gasteiger partial charge in [-0.2, -0.15) is 0 Å². The Morgan fingerprint density at radius 2 is 0.900 bits per heavy atom. The predicted molar refractivity (Wildman–Crippen MR) is 172 cm³/mol. The lowest BCUT2D eigenvalue weighted by Gasteiger charge is -2.23. The number of hydrogen-bond acceptors (Lipinski definition) is 4. The minimum atomic E-state index is -0.00538. The first-order valence-corrected chi connectivity index (χ1v) is 17.9. The maximum Gasteiger partial charge on any atom is 0.309 e. The minimum absolute atomic E-state index is 0.00538. The molecule has 0 saturated heterocycles. The van der Waals surface area contributed by atoms with Gasteiger partial charge in [-0.05, 0) is 38.0 Å². The molecule has 0 rings (SSSR count). The van der Waals surface area contributed by atoms with Crippen LogP contribution in [0, 0.1) is 11.8 Å². The largest absolute Gasteiger partial charge is 0.466 e. The smallest absolute Gasteiger partial charge is 0.309 e.